The predicted molar refractivity (Wildman–Crippen MR) is 107 cm³/mol. The lowest BCUT2D eigenvalue weighted by Crippen LogP contribution is -2.32. The summed E-state index contributed by atoms with van der Waals surface area (Å²) in [5.41, 5.74) is 1.11. The lowest BCUT2D eigenvalue weighted by Gasteiger charge is -2.22. The molecule has 1 saturated heterocycles. The lowest BCUT2D eigenvalue weighted by molar-refractivity contribution is 0.0192. The zero-order valence-corrected chi connectivity index (χ0v) is 17.3. The van der Waals surface area contributed by atoms with Crippen LogP contribution in [0.3, 0.4) is 0 Å². The smallest absolute Gasteiger partial charge is 0.356 e. The van der Waals surface area contributed by atoms with Crippen molar-refractivity contribution >= 4 is 5.97 Å². The minimum atomic E-state index is -0.437. The maximum atomic E-state index is 11.7. The highest BCUT2D eigenvalue weighted by Crippen LogP contribution is 2.05. The highest BCUT2D eigenvalue weighted by molar-refractivity contribution is 5.87. The Morgan fingerprint density at radius 1 is 0.966 bits per heavy atom. The van der Waals surface area contributed by atoms with E-state index >= 15 is 0 Å². The number of ether oxygens (including phenoxy) is 5. The van der Waals surface area contributed by atoms with Gasteiger partial charge in [-0.05, 0) is 12.1 Å². The average molecular weight is 411 g/mol. The van der Waals surface area contributed by atoms with E-state index in [1.54, 1.807) is 6.07 Å². The van der Waals surface area contributed by atoms with Gasteiger partial charge in [0.25, 0.3) is 0 Å². The summed E-state index contributed by atoms with van der Waals surface area (Å²) in [6.07, 6.45) is 0. The molecule has 9 heteroatoms. The van der Waals surface area contributed by atoms with Crippen LogP contribution in [0, 0.1) is 0 Å². The molecule has 29 heavy (non-hydrogen) atoms. The van der Waals surface area contributed by atoms with Crippen molar-refractivity contribution in [2.45, 2.75) is 6.54 Å². The Bertz CT molecular complexity index is 557. The number of methoxy groups -OCH3 is 1. The van der Waals surface area contributed by atoms with Gasteiger partial charge in [0.2, 0.25) is 0 Å². The summed E-state index contributed by atoms with van der Waals surface area (Å²) in [5, 5.41) is 3.26. The first-order valence-electron chi connectivity index (χ1n) is 10.1. The number of hydrogen-bond acceptors (Lipinski definition) is 9. The van der Waals surface area contributed by atoms with Gasteiger partial charge in [-0.3, -0.25) is 4.90 Å². The summed E-state index contributed by atoms with van der Waals surface area (Å²) < 4.78 is 27.2. The van der Waals surface area contributed by atoms with Crippen LogP contribution in [-0.4, -0.2) is 102 Å². The number of esters is 1. The minimum absolute atomic E-state index is 0.308. The molecule has 0 radical (unpaired) electrons. The molecule has 2 heterocycles. The van der Waals surface area contributed by atoms with Gasteiger partial charge >= 0.3 is 5.97 Å². The number of pyridine rings is 1. The van der Waals surface area contributed by atoms with Crippen LogP contribution in [-0.2, 0) is 30.2 Å². The quantitative estimate of drug-likeness (QED) is 0.707. The molecule has 0 amide bonds. The summed E-state index contributed by atoms with van der Waals surface area (Å²) in [4.78, 5) is 18.3. The second-order valence-corrected chi connectivity index (χ2v) is 6.48. The van der Waals surface area contributed by atoms with Crippen LogP contribution in [0.4, 0.5) is 0 Å². The molecular formula is C20H33N3O6. The lowest BCUT2D eigenvalue weighted by atomic mass is 10.3. The van der Waals surface area contributed by atoms with Crippen LogP contribution >= 0.6 is 0 Å². The molecule has 0 saturated carbocycles. The molecule has 1 aliphatic rings. The molecule has 0 spiro atoms. The van der Waals surface area contributed by atoms with E-state index in [9.17, 15) is 4.79 Å². The molecular weight excluding hydrogens is 378 g/mol. The maximum Gasteiger partial charge on any atom is 0.356 e. The van der Waals surface area contributed by atoms with Crippen molar-refractivity contribution in [1.82, 2.24) is 15.2 Å². The van der Waals surface area contributed by atoms with Crippen molar-refractivity contribution in [2.75, 3.05) is 86.1 Å². The van der Waals surface area contributed by atoms with Crippen molar-refractivity contribution in [3.8, 4) is 0 Å². The van der Waals surface area contributed by atoms with E-state index in [0.717, 1.165) is 31.9 Å². The molecule has 2 rings (SSSR count). The Morgan fingerprint density at radius 3 is 2.14 bits per heavy atom. The number of carbonyl (C=O) groups excluding carboxylic acids is 1. The largest absolute Gasteiger partial charge is 0.464 e. The molecule has 1 aromatic rings. The Kier molecular flexibility index (Phi) is 12.4. The molecule has 9 nitrogen and oxygen atoms in total. The van der Waals surface area contributed by atoms with Crippen LogP contribution in [0.2, 0.25) is 0 Å². The fraction of sp³-hybridized carbons (Fsp3) is 0.700. The Morgan fingerprint density at radius 2 is 1.55 bits per heavy atom. The minimum Gasteiger partial charge on any atom is -0.464 e. The monoisotopic (exact) mass is 411 g/mol. The predicted octanol–water partition coefficient (Wildman–Crippen LogP) is 0.340. The van der Waals surface area contributed by atoms with Gasteiger partial charge in [-0.15, -0.1) is 0 Å². The highest BCUT2D eigenvalue weighted by Gasteiger charge is 2.11. The standard InChI is InChI=1S/C20H33N3O6/c1-25-20(24)19-4-2-3-18(22-19)17-23-7-11-28-15-13-26-9-5-21-6-10-27-14-16-29-12-8-23/h2-4,21H,5-17H2,1H3. The zero-order chi connectivity index (χ0) is 20.6. The van der Waals surface area contributed by atoms with Crippen molar-refractivity contribution in [3.63, 3.8) is 0 Å². The third kappa shape index (κ3) is 10.6. The molecule has 1 fully saturated rings. The molecule has 1 aliphatic heterocycles. The van der Waals surface area contributed by atoms with Gasteiger partial charge in [-0.2, -0.15) is 0 Å². The Labute approximate surface area is 172 Å². The van der Waals surface area contributed by atoms with Gasteiger partial charge in [0.05, 0.1) is 65.7 Å². The van der Waals surface area contributed by atoms with Crippen LogP contribution in [0.25, 0.3) is 0 Å². The Hall–Kier alpha value is -1.62. The summed E-state index contributed by atoms with van der Waals surface area (Å²) in [7, 11) is 1.35. The topological polar surface area (TPSA) is 91.4 Å². The molecule has 0 unspecified atom stereocenters. The van der Waals surface area contributed by atoms with Crippen molar-refractivity contribution in [2.24, 2.45) is 0 Å². The summed E-state index contributed by atoms with van der Waals surface area (Å²) in [5.74, 6) is -0.437. The molecule has 0 aromatic carbocycles. The van der Waals surface area contributed by atoms with Gasteiger partial charge in [0.1, 0.15) is 5.69 Å². The Balaban J connectivity index is 1.85. The average Bonchev–Trinajstić information content (AvgIpc) is 2.74. The molecule has 0 aliphatic carbocycles. The van der Waals surface area contributed by atoms with Crippen LogP contribution in [0.5, 0.6) is 0 Å². The molecule has 0 bridgehead atoms. The first kappa shape index (κ1) is 23.7. The number of carbonyl (C=O) groups is 1. The first-order valence-corrected chi connectivity index (χ1v) is 10.1. The van der Waals surface area contributed by atoms with Crippen LogP contribution in [0.15, 0.2) is 18.2 Å². The molecule has 164 valence electrons. The second kappa shape index (κ2) is 15.3. The maximum absolute atomic E-state index is 11.7. The van der Waals surface area contributed by atoms with E-state index in [1.165, 1.54) is 7.11 Å². The van der Waals surface area contributed by atoms with E-state index in [4.69, 9.17) is 23.7 Å². The number of aromatic nitrogens is 1. The summed E-state index contributed by atoms with van der Waals surface area (Å²) >= 11 is 0. The van der Waals surface area contributed by atoms with E-state index in [0.29, 0.717) is 65.1 Å². The fourth-order valence-electron chi connectivity index (χ4n) is 2.73. The zero-order valence-electron chi connectivity index (χ0n) is 17.3. The van der Waals surface area contributed by atoms with E-state index in [-0.39, 0.29) is 0 Å². The third-order valence-electron chi connectivity index (χ3n) is 4.28. The number of nitrogens with zero attached hydrogens (tertiary/aromatic N) is 2. The molecule has 1 N–H and O–H groups in total. The summed E-state index contributed by atoms with van der Waals surface area (Å²) in [6.45, 7) is 8.38. The third-order valence-corrected chi connectivity index (χ3v) is 4.28. The molecule has 0 atom stereocenters. The number of hydrogen-bond donors (Lipinski definition) is 1. The van der Waals surface area contributed by atoms with Crippen LogP contribution < -0.4 is 5.32 Å². The van der Waals surface area contributed by atoms with Gasteiger partial charge < -0.3 is 29.0 Å². The van der Waals surface area contributed by atoms with Crippen molar-refractivity contribution < 1.29 is 28.5 Å². The van der Waals surface area contributed by atoms with E-state index in [2.05, 4.69) is 15.2 Å². The van der Waals surface area contributed by atoms with Crippen molar-refractivity contribution in [1.29, 1.82) is 0 Å². The normalized spacial score (nSPS) is 19.8. The van der Waals surface area contributed by atoms with Crippen molar-refractivity contribution in [3.05, 3.63) is 29.6 Å². The number of nitrogens with one attached hydrogen (secondary N) is 1. The number of rotatable bonds is 3. The second-order valence-electron chi connectivity index (χ2n) is 6.48. The SMILES string of the molecule is COC(=O)c1cccc(CN2CCOCCOCCNCCOCCOCC2)n1. The summed E-state index contributed by atoms with van der Waals surface area (Å²) in [6, 6.07) is 5.36. The first-order chi connectivity index (χ1) is 14.3. The van der Waals surface area contributed by atoms with Crippen LogP contribution in [0.1, 0.15) is 16.2 Å². The fourth-order valence-corrected chi connectivity index (χ4v) is 2.73. The van der Waals surface area contributed by atoms with Gasteiger partial charge in [0, 0.05) is 32.7 Å². The van der Waals surface area contributed by atoms with Gasteiger partial charge in [-0.25, -0.2) is 9.78 Å². The van der Waals surface area contributed by atoms with E-state index < -0.39 is 5.97 Å². The van der Waals surface area contributed by atoms with Gasteiger partial charge in [-0.1, -0.05) is 6.07 Å². The molecule has 1 aromatic heterocycles. The van der Waals surface area contributed by atoms with E-state index in [1.807, 2.05) is 12.1 Å². The van der Waals surface area contributed by atoms with Gasteiger partial charge in [0.15, 0.2) is 0 Å². The highest BCUT2D eigenvalue weighted by atomic mass is 16.5.